The van der Waals surface area contributed by atoms with Crippen molar-refractivity contribution in [2.45, 2.75) is 18.5 Å². The van der Waals surface area contributed by atoms with Gasteiger partial charge in [-0.1, -0.05) is 30.3 Å². The lowest BCUT2D eigenvalue weighted by Gasteiger charge is -2.37. The summed E-state index contributed by atoms with van der Waals surface area (Å²) < 4.78 is 15.1. The zero-order valence-corrected chi connectivity index (χ0v) is 8.75. The lowest BCUT2D eigenvalue weighted by atomic mass is 9.77. The van der Waals surface area contributed by atoms with Crippen molar-refractivity contribution in [3.05, 3.63) is 35.9 Å². The maximum atomic E-state index is 15.1. The lowest BCUT2D eigenvalue weighted by Crippen LogP contribution is -2.47. The minimum Gasteiger partial charge on any atom is -0.316 e. The van der Waals surface area contributed by atoms with Gasteiger partial charge in [-0.05, 0) is 18.4 Å². The van der Waals surface area contributed by atoms with Gasteiger partial charge >= 0.3 is 0 Å². The number of halogens is 1. The van der Waals surface area contributed by atoms with E-state index in [4.69, 9.17) is 0 Å². The van der Waals surface area contributed by atoms with Gasteiger partial charge in [0.05, 0.1) is 0 Å². The molecule has 1 N–H and O–H groups in total. The van der Waals surface area contributed by atoms with Gasteiger partial charge < -0.3 is 5.32 Å². The van der Waals surface area contributed by atoms with Crippen LogP contribution in [0.3, 0.4) is 0 Å². The average Bonchev–Trinajstić information content (AvgIpc) is 2.51. The molecule has 80 valence electrons. The second kappa shape index (κ2) is 3.31. The Morgan fingerprint density at radius 1 is 1.07 bits per heavy atom. The SMILES string of the molecule is FC1(c2ccccc2)C2CCC1CNC2. The maximum Gasteiger partial charge on any atom is 0.144 e. The van der Waals surface area contributed by atoms with Crippen molar-refractivity contribution in [3.8, 4) is 0 Å². The molecule has 0 amide bonds. The highest BCUT2D eigenvalue weighted by atomic mass is 19.1. The molecular formula is C13H16FN. The average molecular weight is 205 g/mol. The Labute approximate surface area is 89.7 Å². The van der Waals surface area contributed by atoms with Crippen LogP contribution in [-0.4, -0.2) is 13.1 Å². The molecule has 1 aromatic rings. The van der Waals surface area contributed by atoms with Crippen LogP contribution in [0.2, 0.25) is 0 Å². The number of hydrogen-bond acceptors (Lipinski definition) is 1. The molecule has 2 bridgehead atoms. The Kier molecular flexibility index (Phi) is 2.06. The molecule has 15 heavy (non-hydrogen) atoms. The zero-order chi connectivity index (χ0) is 10.3. The first-order valence-electron chi connectivity index (χ1n) is 5.77. The van der Waals surface area contributed by atoms with Gasteiger partial charge in [0.2, 0.25) is 0 Å². The second-order valence-electron chi connectivity index (χ2n) is 4.76. The van der Waals surface area contributed by atoms with Gasteiger partial charge in [-0.3, -0.25) is 0 Å². The number of piperidine rings is 1. The molecule has 2 heteroatoms. The molecule has 3 rings (SSSR count). The quantitative estimate of drug-likeness (QED) is 0.742. The number of nitrogens with one attached hydrogen (secondary N) is 1. The van der Waals surface area contributed by atoms with Crippen LogP contribution in [0.15, 0.2) is 30.3 Å². The Bertz CT molecular complexity index is 333. The van der Waals surface area contributed by atoms with Crippen LogP contribution in [0.1, 0.15) is 18.4 Å². The van der Waals surface area contributed by atoms with Gasteiger partial charge in [-0.25, -0.2) is 4.39 Å². The van der Waals surface area contributed by atoms with Crippen molar-refractivity contribution >= 4 is 0 Å². The van der Waals surface area contributed by atoms with Crippen molar-refractivity contribution in [1.29, 1.82) is 0 Å². The van der Waals surface area contributed by atoms with E-state index >= 15 is 4.39 Å². The van der Waals surface area contributed by atoms with Gasteiger partial charge in [0.25, 0.3) is 0 Å². The normalized spacial score (nSPS) is 39.3. The van der Waals surface area contributed by atoms with Crippen LogP contribution in [0.5, 0.6) is 0 Å². The molecule has 2 atom stereocenters. The van der Waals surface area contributed by atoms with E-state index in [2.05, 4.69) is 5.32 Å². The van der Waals surface area contributed by atoms with E-state index in [1.165, 1.54) is 0 Å². The molecule has 2 unspecified atom stereocenters. The minimum atomic E-state index is -1.06. The summed E-state index contributed by atoms with van der Waals surface area (Å²) in [6.07, 6.45) is 2.06. The van der Waals surface area contributed by atoms with Crippen LogP contribution >= 0.6 is 0 Å². The van der Waals surface area contributed by atoms with Crippen molar-refractivity contribution in [3.63, 3.8) is 0 Å². The van der Waals surface area contributed by atoms with Crippen LogP contribution < -0.4 is 5.32 Å². The van der Waals surface area contributed by atoms with E-state index in [9.17, 15) is 0 Å². The molecule has 0 radical (unpaired) electrons. The lowest BCUT2D eigenvalue weighted by molar-refractivity contribution is 0.0329. The van der Waals surface area contributed by atoms with Crippen molar-refractivity contribution in [2.75, 3.05) is 13.1 Å². The Morgan fingerprint density at radius 2 is 1.67 bits per heavy atom. The van der Waals surface area contributed by atoms with Gasteiger partial charge in [0.1, 0.15) is 5.67 Å². The van der Waals surface area contributed by atoms with E-state index in [0.29, 0.717) is 0 Å². The molecule has 1 saturated heterocycles. The summed E-state index contributed by atoms with van der Waals surface area (Å²) in [6, 6.07) is 9.72. The van der Waals surface area contributed by atoms with Crippen LogP contribution in [0.25, 0.3) is 0 Å². The van der Waals surface area contributed by atoms with Gasteiger partial charge in [-0.2, -0.15) is 0 Å². The molecule has 1 nitrogen and oxygen atoms in total. The summed E-state index contributed by atoms with van der Waals surface area (Å²) in [5.41, 5.74) is -0.175. The fraction of sp³-hybridized carbons (Fsp3) is 0.538. The predicted molar refractivity (Wildman–Crippen MR) is 58.3 cm³/mol. The number of rotatable bonds is 1. The largest absolute Gasteiger partial charge is 0.316 e. The molecule has 1 aliphatic carbocycles. The van der Waals surface area contributed by atoms with Gasteiger partial charge in [0, 0.05) is 24.9 Å². The zero-order valence-electron chi connectivity index (χ0n) is 8.75. The first-order chi connectivity index (χ1) is 7.32. The highest BCUT2D eigenvalue weighted by Gasteiger charge is 2.53. The van der Waals surface area contributed by atoms with Crippen LogP contribution in [0, 0.1) is 11.8 Å². The molecule has 0 spiro atoms. The Morgan fingerprint density at radius 3 is 2.27 bits per heavy atom. The van der Waals surface area contributed by atoms with E-state index in [1.54, 1.807) is 0 Å². The summed E-state index contributed by atoms with van der Waals surface area (Å²) in [5, 5.41) is 3.33. The summed E-state index contributed by atoms with van der Waals surface area (Å²) in [6.45, 7) is 1.67. The van der Waals surface area contributed by atoms with Crippen molar-refractivity contribution in [1.82, 2.24) is 5.32 Å². The minimum absolute atomic E-state index is 0.179. The molecule has 2 fully saturated rings. The van der Waals surface area contributed by atoms with Crippen LogP contribution in [0.4, 0.5) is 4.39 Å². The third-order valence-electron chi connectivity index (χ3n) is 4.05. The molecule has 2 aliphatic rings. The molecular weight excluding hydrogens is 189 g/mol. The predicted octanol–water partition coefficient (Wildman–Crippen LogP) is 2.48. The summed E-state index contributed by atoms with van der Waals surface area (Å²) in [5.74, 6) is 0.359. The maximum absolute atomic E-state index is 15.1. The summed E-state index contributed by atoms with van der Waals surface area (Å²) in [7, 11) is 0. The summed E-state index contributed by atoms with van der Waals surface area (Å²) in [4.78, 5) is 0. The fourth-order valence-corrected chi connectivity index (χ4v) is 3.25. The van der Waals surface area contributed by atoms with Gasteiger partial charge in [-0.15, -0.1) is 0 Å². The molecule has 1 saturated carbocycles. The first kappa shape index (κ1) is 9.34. The Balaban J connectivity index is 2.03. The number of benzene rings is 1. The number of hydrogen-bond donors (Lipinski definition) is 1. The molecule has 1 heterocycles. The standard InChI is InChI=1S/C13H16FN/c14-13(10-4-2-1-3-5-10)11-6-7-12(13)9-15-8-11/h1-5,11-12,15H,6-9H2. The third kappa shape index (κ3) is 1.24. The number of alkyl halides is 1. The second-order valence-corrected chi connectivity index (χ2v) is 4.76. The van der Waals surface area contributed by atoms with Crippen LogP contribution in [-0.2, 0) is 5.67 Å². The highest BCUT2D eigenvalue weighted by molar-refractivity contribution is 5.27. The molecule has 0 aromatic heterocycles. The highest BCUT2D eigenvalue weighted by Crippen LogP contribution is 2.52. The van der Waals surface area contributed by atoms with Gasteiger partial charge in [0.15, 0.2) is 0 Å². The first-order valence-corrected chi connectivity index (χ1v) is 5.77. The topological polar surface area (TPSA) is 12.0 Å². The third-order valence-corrected chi connectivity index (χ3v) is 4.05. The van der Waals surface area contributed by atoms with E-state index in [0.717, 1.165) is 31.5 Å². The fourth-order valence-electron chi connectivity index (χ4n) is 3.25. The van der Waals surface area contributed by atoms with Crippen molar-refractivity contribution in [2.24, 2.45) is 11.8 Å². The molecule has 1 aromatic carbocycles. The monoisotopic (exact) mass is 205 g/mol. The van der Waals surface area contributed by atoms with E-state index in [1.807, 2.05) is 30.3 Å². The smallest absolute Gasteiger partial charge is 0.144 e. The van der Waals surface area contributed by atoms with E-state index < -0.39 is 5.67 Å². The number of fused-ring (bicyclic) bond motifs is 2. The van der Waals surface area contributed by atoms with E-state index in [-0.39, 0.29) is 11.8 Å². The Hall–Kier alpha value is -0.890. The molecule has 1 aliphatic heterocycles. The summed E-state index contributed by atoms with van der Waals surface area (Å²) >= 11 is 0. The van der Waals surface area contributed by atoms with Crippen molar-refractivity contribution < 1.29 is 4.39 Å².